The molecule has 0 bridgehead atoms. The minimum atomic E-state index is 1.09. The summed E-state index contributed by atoms with van der Waals surface area (Å²) in [5.74, 6) is 1.17. The van der Waals surface area contributed by atoms with Crippen LogP contribution in [0, 0.1) is 0 Å². The van der Waals surface area contributed by atoms with Crippen LogP contribution in [0.25, 0.3) is 0 Å². The third-order valence-corrected chi connectivity index (χ3v) is 3.79. The third-order valence-electron chi connectivity index (χ3n) is 1.34. The van der Waals surface area contributed by atoms with Crippen molar-refractivity contribution < 1.29 is 0 Å². The number of alkyl halides is 1. The molecule has 12 heavy (non-hydrogen) atoms. The fourth-order valence-corrected chi connectivity index (χ4v) is 2.67. The molecule has 1 rings (SSSR count). The van der Waals surface area contributed by atoms with Crippen LogP contribution in [0.3, 0.4) is 0 Å². The number of aromatic nitrogens is 2. The standard InChI is InChI=1S/C7H11BrN2S2/c8-4-2-1-3-5-11-7-9-6-10-12-7/h6H,1-5H2. The maximum absolute atomic E-state index is 4.10. The normalized spacial score (nSPS) is 10.4. The van der Waals surface area contributed by atoms with Crippen LogP contribution in [-0.2, 0) is 0 Å². The molecule has 1 heterocycles. The Labute approximate surface area is 89.5 Å². The van der Waals surface area contributed by atoms with Crippen molar-refractivity contribution in [3.63, 3.8) is 0 Å². The second-order valence-corrected chi connectivity index (χ2v) is 5.22. The fraction of sp³-hybridized carbons (Fsp3) is 0.714. The van der Waals surface area contributed by atoms with Gasteiger partial charge in [-0.05, 0) is 24.4 Å². The van der Waals surface area contributed by atoms with Gasteiger partial charge in [-0.2, -0.15) is 4.37 Å². The third kappa shape index (κ3) is 4.42. The number of nitrogens with zero attached hydrogens (tertiary/aromatic N) is 2. The highest BCUT2D eigenvalue weighted by molar-refractivity contribution is 9.09. The molecule has 1 aromatic rings. The van der Waals surface area contributed by atoms with E-state index in [-0.39, 0.29) is 0 Å². The molecular formula is C7H11BrN2S2. The van der Waals surface area contributed by atoms with Gasteiger partial charge in [-0.3, -0.25) is 0 Å². The van der Waals surface area contributed by atoms with Crippen LogP contribution in [0.1, 0.15) is 19.3 Å². The number of rotatable bonds is 6. The molecule has 0 aliphatic rings. The van der Waals surface area contributed by atoms with Crippen molar-refractivity contribution in [2.75, 3.05) is 11.1 Å². The molecule has 0 unspecified atom stereocenters. The summed E-state index contributed by atoms with van der Waals surface area (Å²) in [5, 5.41) is 1.12. The quantitative estimate of drug-likeness (QED) is 0.449. The van der Waals surface area contributed by atoms with Crippen molar-refractivity contribution in [3.05, 3.63) is 6.33 Å². The average Bonchev–Trinajstić information content (AvgIpc) is 2.57. The van der Waals surface area contributed by atoms with Crippen molar-refractivity contribution in [1.29, 1.82) is 0 Å². The maximum Gasteiger partial charge on any atom is 0.169 e. The van der Waals surface area contributed by atoms with Crippen molar-refractivity contribution in [2.45, 2.75) is 23.6 Å². The first kappa shape index (κ1) is 10.5. The van der Waals surface area contributed by atoms with E-state index in [9.17, 15) is 0 Å². The van der Waals surface area contributed by atoms with Gasteiger partial charge >= 0.3 is 0 Å². The number of unbranched alkanes of at least 4 members (excludes halogenated alkanes) is 2. The highest BCUT2D eigenvalue weighted by atomic mass is 79.9. The van der Waals surface area contributed by atoms with E-state index in [1.54, 1.807) is 6.33 Å². The number of hydrogen-bond acceptors (Lipinski definition) is 4. The highest BCUT2D eigenvalue weighted by Crippen LogP contribution is 2.19. The Kier molecular flexibility index (Phi) is 5.98. The van der Waals surface area contributed by atoms with E-state index in [4.69, 9.17) is 0 Å². The zero-order chi connectivity index (χ0) is 8.65. The fourth-order valence-electron chi connectivity index (χ4n) is 0.759. The molecule has 0 atom stereocenters. The summed E-state index contributed by atoms with van der Waals surface area (Å²) in [5.41, 5.74) is 0. The van der Waals surface area contributed by atoms with E-state index < -0.39 is 0 Å². The van der Waals surface area contributed by atoms with Crippen molar-refractivity contribution in [3.8, 4) is 0 Å². The first-order valence-electron chi connectivity index (χ1n) is 3.89. The SMILES string of the molecule is BrCCCCCSc1ncns1. The highest BCUT2D eigenvalue weighted by Gasteiger charge is 1.96. The lowest BCUT2D eigenvalue weighted by Crippen LogP contribution is -1.81. The summed E-state index contributed by atoms with van der Waals surface area (Å²) in [6.07, 6.45) is 5.47. The first-order valence-corrected chi connectivity index (χ1v) is 6.77. The van der Waals surface area contributed by atoms with E-state index in [0.29, 0.717) is 0 Å². The molecule has 5 heteroatoms. The first-order chi connectivity index (χ1) is 5.93. The lowest BCUT2D eigenvalue weighted by molar-refractivity contribution is 0.788. The molecule has 68 valence electrons. The predicted molar refractivity (Wildman–Crippen MR) is 58.3 cm³/mol. The Morgan fingerprint density at radius 2 is 2.33 bits per heavy atom. The van der Waals surface area contributed by atoms with Gasteiger partial charge in [0.05, 0.1) is 0 Å². The van der Waals surface area contributed by atoms with Gasteiger partial charge in [-0.1, -0.05) is 34.1 Å². The maximum atomic E-state index is 4.10. The van der Waals surface area contributed by atoms with Gasteiger partial charge in [0.25, 0.3) is 0 Å². The summed E-state index contributed by atoms with van der Waals surface area (Å²) in [6, 6.07) is 0. The smallest absolute Gasteiger partial charge is 0.169 e. The predicted octanol–water partition coefficient (Wildman–Crippen LogP) is 3.20. The van der Waals surface area contributed by atoms with Crippen LogP contribution >= 0.6 is 39.2 Å². The number of thioether (sulfide) groups is 1. The molecule has 0 saturated heterocycles. The summed E-state index contributed by atoms with van der Waals surface area (Å²) in [4.78, 5) is 4.10. The Bertz CT molecular complexity index is 191. The van der Waals surface area contributed by atoms with Gasteiger partial charge in [0, 0.05) is 11.1 Å². The molecule has 2 nitrogen and oxygen atoms in total. The molecule has 0 amide bonds. The second-order valence-electron chi connectivity index (χ2n) is 2.31. The summed E-state index contributed by atoms with van der Waals surface area (Å²) >= 11 is 6.70. The van der Waals surface area contributed by atoms with E-state index in [0.717, 1.165) is 9.67 Å². The van der Waals surface area contributed by atoms with Crippen molar-refractivity contribution >= 4 is 39.2 Å². The molecule has 0 N–H and O–H groups in total. The van der Waals surface area contributed by atoms with E-state index >= 15 is 0 Å². The van der Waals surface area contributed by atoms with Crippen LogP contribution in [0.5, 0.6) is 0 Å². The van der Waals surface area contributed by atoms with Crippen LogP contribution in [0.15, 0.2) is 10.7 Å². The van der Waals surface area contributed by atoms with Crippen LogP contribution in [0.2, 0.25) is 0 Å². The summed E-state index contributed by atoms with van der Waals surface area (Å²) in [6.45, 7) is 0. The van der Waals surface area contributed by atoms with Gasteiger partial charge in [0.15, 0.2) is 4.34 Å². The Morgan fingerprint density at radius 3 is 3.00 bits per heavy atom. The van der Waals surface area contributed by atoms with Crippen molar-refractivity contribution in [1.82, 2.24) is 9.36 Å². The Morgan fingerprint density at radius 1 is 1.42 bits per heavy atom. The monoisotopic (exact) mass is 266 g/mol. The van der Waals surface area contributed by atoms with Gasteiger partial charge < -0.3 is 0 Å². The van der Waals surface area contributed by atoms with Crippen LogP contribution in [-0.4, -0.2) is 20.4 Å². The minimum absolute atomic E-state index is 1.09. The van der Waals surface area contributed by atoms with Crippen molar-refractivity contribution in [2.24, 2.45) is 0 Å². The molecule has 0 radical (unpaired) electrons. The van der Waals surface area contributed by atoms with E-state index in [1.807, 2.05) is 11.8 Å². The number of halogens is 1. The van der Waals surface area contributed by atoms with Gasteiger partial charge in [0.2, 0.25) is 0 Å². The minimum Gasteiger partial charge on any atom is -0.216 e. The van der Waals surface area contributed by atoms with Gasteiger partial charge in [-0.25, -0.2) is 4.98 Å². The molecule has 0 spiro atoms. The molecule has 0 aliphatic carbocycles. The topological polar surface area (TPSA) is 25.8 Å². The van der Waals surface area contributed by atoms with Gasteiger partial charge in [0.1, 0.15) is 6.33 Å². The molecular weight excluding hydrogens is 256 g/mol. The molecule has 0 aliphatic heterocycles. The second kappa shape index (κ2) is 6.86. The Hall–Kier alpha value is 0.390. The average molecular weight is 267 g/mol. The zero-order valence-corrected chi connectivity index (χ0v) is 9.92. The molecule has 0 aromatic carbocycles. The zero-order valence-electron chi connectivity index (χ0n) is 6.70. The summed E-state index contributed by atoms with van der Waals surface area (Å²) in [7, 11) is 0. The van der Waals surface area contributed by atoms with E-state index in [1.165, 1.54) is 36.5 Å². The molecule has 1 aromatic heterocycles. The number of hydrogen-bond donors (Lipinski definition) is 0. The van der Waals surface area contributed by atoms with Crippen LogP contribution < -0.4 is 0 Å². The Balaban J connectivity index is 1.96. The van der Waals surface area contributed by atoms with E-state index in [2.05, 4.69) is 25.3 Å². The lowest BCUT2D eigenvalue weighted by Gasteiger charge is -1.95. The summed E-state index contributed by atoms with van der Waals surface area (Å²) < 4.78 is 5.03. The molecule has 0 saturated carbocycles. The molecule has 0 fully saturated rings. The largest absolute Gasteiger partial charge is 0.216 e. The van der Waals surface area contributed by atoms with Gasteiger partial charge in [-0.15, -0.1) is 0 Å². The van der Waals surface area contributed by atoms with Crippen LogP contribution in [0.4, 0.5) is 0 Å². The lowest BCUT2D eigenvalue weighted by atomic mass is 10.3.